The number of anilines is 1. The van der Waals surface area contributed by atoms with Crippen LogP contribution in [-0.2, 0) is 0 Å². The van der Waals surface area contributed by atoms with Crippen LogP contribution < -0.4 is 5.32 Å². The first-order valence-corrected chi connectivity index (χ1v) is 7.73. The van der Waals surface area contributed by atoms with Crippen molar-refractivity contribution in [3.05, 3.63) is 89.4 Å². The Balaban J connectivity index is 1.82. The van der Waals surface area contributed by atoms with E-state index in [9.17, 15) is 4.79 Å². The van der Waals surface area contributed by atoms with Crippen LogP contribution in [0.15, 0.2) is 89.1 Å². The number of carbonyl (C=O) groups excluding carboxylic acids is 1. The van der Waals surface area contributed by atoms with E-state index in [1.165, 1.54) is 0 Å². The van der Waals surface area contributed by atoms with Crippen LogP contribution in [0.25, 0.3) is 0 Å². The van der Waals surface area contributed by atoms with Gasteiger partial charge >= 0.3 is 0 Å². The molecule has 0 aliphatic rings. The third-order valence-corrected chi connectivity index (χ3v) is 3.50. The maximum Gasteiger partial charge on any atom is 0.255 e. The second-order valence-electron chi connectivity index (χ2n) is 5.02. The first-order valence-electron chi connectivity index (χ1n) is 7.35. The lowest BCUT2D eigenvalue weighted by atomic mass is 10.2. The molecule has 3 aromatic carbocycles. The Labute approximate surface area is 144 Å². The molecular formula is C19H14ClN3O. The molecule has 0 aromatic heterocycles. The molecule has 0 fully saturated rings. The summed E-state index contributed by atoms with van der Waals surface area (Å²) in [4.78, 5) is 12.4. The Morgan fingerprint density at radius 1 is 0.833 bits per heavy atom. The van der Waals surface area contributed by atoms with E-state index in [0.717, 1.165) is 5.69 Å². The summed E-state index contributed by atoms with van der Waals surface area (Å²) in [6.07, 6.45) is 0. The number of carbonyl (C=O) groups is 1. The first kappa shape index (κ1) is 15.9. The summed E-state index contributed by atoms with van der Waals surface area (Å²) < 4.78 is 0. The van der Waals surface area contributed by atoms with Gasteiger partial charge in [-0.1, -0.05) is 48.0 Å². The van der Waals surface area contributed by atoms with Crippen molar-refractivity contribution in [1.82, 2.24) is 0 Å². The standard InChI is InChI=1S/C19H14ClN3O/c20-15-8-6-7-14(13-15)19(24)21-17-11-4-5-12-18(17)23-22-16-9-2-1-3-10-16/h1-13H,(H,21,24). The molecule has 5 heteroatoms. The second-order valence-corrected chi connectivity index (χ2v) is 5.45. The third kappa shape index (κ3) is 4.06. The van der Waals surface area contributed by atoms with E-state index >= 15 is 0 Å². The van der Waals surface area contributed by atoms with Gasteiger partial charge in [0.05, 0.1) is 11.4 Å². The summed E-state index contributed by atoms with van der Waals surface area (Å²) in [5, 5.41) is 11.8. The van der Waals surface area contributed by atoms with Crippen LogP contribution in [-0.4, -0.2) is 5.91 Å². The van der Waals surface area contributed by atoms with Gasteiger partial charge in [-0.05, 0) is 42.5 Å². The van der Waals surface area contributed by atoms with Crippen molar-refractivity contribution in [2.45, 2.75) is 0 Å². The van der Waals surface area contributed by atoms with Crippen molar-refractivity contribution < 1.29 is 4.79 Å². The van der Waals surface area contributed by atoms with Gasteiger partial charge < -0.3 is 5.32 Å². The highest BCUT2D eigenvalue weighted by molar-refractivity contribution is 6.31. The van der Waals surface area contributed by atoms with Crippen LogP contribution >= 0.6 is 11.6 Å². The van der Waals surface area contributed by atoms with Gasteiger partial charge in [0.25, 0.3) is 5.91 Å². The third-order valence-electron chi connectivity index (χ3n) is 3.27. The molecule has 0 bridgehead atoms. The van der Waals surface area contributed by atoms with Crippen molar-refractivity contribution in [3.63, 3.8) is 0 Å². The molecule has 1 amide bonds. The first-order chi connectivity index (χ1) is 11.7. The Morgan fingerprint density at radius 2 is 1.58 bits per heavy atom. The van der Waals surface area contributed by atoms with Crippen LogP contribution in [0.4, 0.5) is 17.1 Å². The lowest BCUT2D eigenvalue weighted by molar-refractivity contribution is 0.102. The zero-order valence-electron chi connectivity index (χ0n) is 12.7. The van der Waals surface area contributed by atoms with Gasteiger partial charge in [-0.3, -0.25) is 4.79 Å². The van der Waals surface area contributed by atoms with E-state index in [1.54, 1.807) is 36.4 Å². The number of benzene rings is 3. The summed E-state index contributed by atoms with van der Waals surface area (Å²) in [6, 6.07) is 23.4. The van der Waals surface area contributed by atoms with Crippen molar-refractivity contribution in [1.29, 1.82) is 0 Å². The normalized spacial score (nSPS) is 10.7. The molecule has 3 rings (SSSR count). The smallest absolute Gasteiger partial charge is 0.255 e. The summed E-state index contributed by atoms with van der Waals surface area (Å²) in [5.41, 5.74) is 2.39. The Kier molecular flexibility index (Phi) is 4.99. The van der Waals surface area contributed by atoms with Crippen molar-refractivity contribution in [2.75, 3.05) is 5.32 Å². The summed E-state index contributed by atoms with van der Waals surface area (Å²) in [7, 11) is 0. The number of hydrogen-bond donors (Lipinski definition) is 1. The Morgan fingerprint density at radius 3 is 2.38 bits per heavy atom. The van der Waals surface area contributed by atoms with Gasteiger partial charge in [0.1, 0.15) is 5.69 Å². The van der Waals surface area contributed by atoms with E-state index in [-0.39, 0.29) is 5.91 Å². The molecule has 0 heterocycles. The highest BCUT2D eigenvalue weighted by Gasteiger charge is 2.09. The SMILES string of the molecule is O=C(Nc1ccccc1N=Nc1ccccc1)c1cccc(Cl)c1. The molecule has 0 unspecified atom stereocenters. The maximum absolute atomic E-state index is 12.4. The molecule has 118 valence electrons. The van der Waals surface area contributed by atoms with Crippen molar-refractivity contribution in [3.8, 4) is 0 Å². The fourth-order valence-electron chi connectivity index (χ4n) is 2.10. The molecule has 3 aromatic rings. The molecule has 0 saturated carbocycles. The van der Waals surface area contributed by atoms with Gasteiger partial charge in [-0.15, -0.1) is 5.11 Å². The molecule has 0 saturated heterocycles. The van der Waals surface area contributed by atoms with Crippen LogP contribution in [0.2, 0.25) is 5.02 Å². The van der Waals surface area contributed by atoms with Gasteiger partial charge in [0.2, 0.25) is 0 Å². The number of azo groups is 1. The van der Waals surface area contributed by atoms with Gasteiger partial charge in [0, 0.05) is 10.6 Å². The minimum absolute atomic E-state index is 0.250. The fraction of sp³-hybridized carbons (Fsp3) is 0. The molecule has 0 aliphatic carbocycles. The Hall–Kier alpha value is -2.98. The van der Waals surface area contributed by atoms with Crippen molar-refractivity contribution >= 4 is 34.6 Å². The van der Waals surface area contributed by atoms with Crippen molar-refractivity contribution in [2.24, 2.45) is 10.2 Å². The van der Waals surface area contributed by atoms with Gasteiger partial charge in [-0.25, -0.2) is 0 Å². The number of nitrogens with zero attached hydrogens (tertiary/aromatic N) is 2. The Bertz CT molecular complexity index is 879. The number of halogens is 1. The lowest BCUT2D eigenvalue weighted by Gasteiger charge is -2.07. The van der Waals surface area contributed by atoms with Crippen LogP contribution in [0.3, 0.4) is 0 Å². The lowest BCUT2D eigenvalue weighted by Crippen LogP contribution is -2.11. The summed E-state index contributed by atoms with van der Waals surface area (Å²) in [5.74, 6) is -0.250. The average Bonchev–Trinajstić information content (AvgIpc) is 2.62. The van der Waals surface area contributed by atoms with Crippen LogP contribution in [0, 0.1) is 0 Å². The van der Waals surface area contributed by atoms with Crippen LogP contribution in [0.1, 0.15) is 10.4 Å². The molecule has 1 N–H and O–H groups in total. The van der Waals surface area contributed by atoms with Crippen LogP contribution in [0.5, 0.6) is 0 Å². The van der Waals surface area contributed by atoms with E-state index in [2.05, 4.69) is 15.5 Å². The quantitative estimate of drug-likeness (QED) is 0.583. The molecule has 0 spiro atoms. The number of nitrogens with one attached hydrogen (secondary N) is 1. The minimum Gasteiger partial charge on any atom is -0.320 e. The van der Waals surface area contributed by atoms with Gasteiger partial charge in [-0.2, -0.15) is 5.11 Å². The molecular weight excluding hydrogens is 322 g/mol. The minimum atomic E-state index is -0.250. The molecule has 0 radical (unpaired) electrons. The van der Waals surface area contributed by atoms with E-state index in [1.807, 2.05) is 42.5 Å². The van der Waals surface area contributed by atoms with E-state index < -0.39 is 0 Å². The number of hydrogen-bond acceptors (Lipinski definition) is 3. The predicted octanol–water partition coefficient (Wildman–Crippen LogP) is 6.01. The monoisotopic (exact) mass is 335 g/mol. The topological polar surface area (TPSA) is 53.8 Å². The summed E-state index contributed by atoms with van der Waals surface area (Å²) in [6.45, 7) is 0. The zero-order chi connectivity index (χ0) is 16.8. The number of para-hydroxylation sites is 1. The number of amides is 1. The molecule has 0 atom stereocenters. The fourth-order valence-corrected chi connectivity index (χ4v) is 2.29. The van der Waals surface area contributed by atoms with E-state index in [0.29, 0.717) is 22.0 Å². The molecule has 0 aliphatic heterocycles. The highest BCUT2D eigenvalue weighted by Crippen LogP contribution is 2.27. The molecule has 4 nitrogen and oxygen atoms in total. The zero-order valence-corrected chi connectivity index (χ0v) is 13.4. The highest BCUT2D eigenvalue weighted by atomic mass is 35.5. The molecule has 24 heavy (non-hydrogen) atoms. The van der Waals surface area contributed by atoms with E-state index in [4.69, 9.17) is 11.6 Å². The maximum atomic E-state index is 12.4. The largest absolute Gasteiger partial charge is 0.320 e. The number of rotatable bonds is 4. The second kappa shape index (κ2) is 7.53. The van der Waals surface area contributed by atoms with Gasteiger partial charge in [0.15, 0.2) is 0 Å². The summed E-state index contributed by atoms with van der Waals surface area (Å²) >= 11 is 5.93. The predicted molar refractivity (Wildman–Crippen MR) is 96.5 cm³/mol. The average molecular weight is 336 g/mol.